The van der Waals surface area contributed by atoms with Gasteiger partial charge in [0, 0.05) is 30.4 Å². The lowest BCUT2D eigenvalue weighted by molar-refractivity contribution is 0.323. The molecule has 1 aromatic carbocycles. The van der Waals surface area contributed by atoms with E-state index in [2.05, 4.69) is 27.2 Å². The molecule has 28 heavy (non-hydrogen) atoms. The molecule has 0 spiro atoms. The molecule has 0 atom stereocenters. The Morgan fingerprint density at radius 1 is 1.11 bits per heavy atom. The first-order chi connectivity index (χ1) is 13.3. The number of para-hydroxylation sites is 1. The Labute approximate surface area is 184 Å². The van der Waals surface area contributed by atoms with E-state index in [9.17, 15) is 0 Å². The van der Waals surface area contributed by atoms with Crippen LogP contribution in [-0.4, -0.2) is 30.7 Å². The maximum Gasteiger partial charge on any atom is 0.218 e. The minimum Gasteiger partial charge on any atom is -0.489 e. The van der Waals surface area contributed by atoms with Crippen LogP contribution in [0, 0.1) is 0 Å². The van der Waals surface area contributed by atoms with E-state index >= 15 is 0 Å². The van der Waals surface area contributed by atoms with E-state index in [1.165, 1.54) is 0 Å². The summed E-state index contributed by atoms with van der Waals surface area (Å²) in [6, 6.07) is 11.8. The number of aliphatic imine (C=N–C) groups is 1. The quantitative estimate of drug-likeness (QED) is 0.226. The summed E-state index contributed by atoms with van der Waals surface area (Å²) in [7, 11) is 0. The molecular weight excluding hydrogens is 467 g/mol. The van der Waals surface area contributed by atoms with Gasteiger partial charge in [-0.2, -0.15) is 0 Å². The number of pyridine rings is 1. The average molecular weight is 496 g/mol. The van der Waals surface area contributed by atoms with E-state index in [1.54, 1.807) is 12.3 Å². The third kappa shape index (κ3) is 7.75. The van der Waals surface area contributed by atoms with Crippen molar-refractivity contribution in [2.24, 2.45) is 4.99 Å². The van der Waals surface area contributed by atoms with Crippen molar-refractivity contribution in [3.8, 4) is 11.6 Å². The van der Waals surface area contributed by atoms with E-state index in [-0.39, 0.29) is 24.0 Å². The van der Waals surface area contributed by atoms with E-state index in [0.717, 1.165) is 29.4 Å². The minimum atomic E-state index is 0. The lowest BCUT2D eigenvalue weighted by Gasteiger charge is -2.14. The van der Waals surface area contributed by atoms with Crippen molar-refractivity contribution in [2.45, 2.75) is 26.9 Å². The molecule has 2 N–H and O–H groups in total. The Morgan fingerprint density at radius 3 is 2.64 bits per heavy atom. The number of halogens is 1. The van der Waals surface area contributed by atoms with Crippen LogP contribution in [0.5, 0.6) is 11.6 Å². The molecule has 0 unspecified atom stereocenters. The van der Waals surface area contributed by atoms with E-state index in [0.29, 0.717) is 32.2 Å². The Kier molecular flexibility index (Phi) is 11.7. The summed E-state index contributed by atoms with van der Waals surface area (Å²) in [6.45, 7) is 10.6. The standard InChI is InChI=1S/C21H28N4O2.HI/c1-4-14-27-19-12-8-7-10-17(19)15-24-21(22-5-2)25-16-18-11-9-13-23-20(18)26-6-3;/h4,7-13H,1,5-6,14-16H2,2-3H3,(H2,22,24,25);1H. The summed E-state index contributed by atoms with van der Waals surface area (Å²) in [5.74, 6) is 2.19. The molecule has 0 saturated carbocycles. The van der Waals surface area contributed by atoms with Gasteiger partial charge in [0.15, 0.2) is 5.96 Å². The molecule has 1 aromatic heterocycles. The second-order valence-corrected chi connectivity index (χ2v) is 5.66. The van der Waals surface area contributed by atoms with Crippen molar-refractivity contribution < 1.29 is 9.47 Å². The topological polar surface area (TPSA) is 67.8 Å². The van der Waals surface area contributed by atoms with Gasteiger partial charge in [-0.15, -0.1) is 24.0 Å². The van der Waals surface area contributed by atoms with Crippen LogP contribution < -0.4 is 20.1 Å². The monoisotopic (exact) mass is 496 g/mol. The first-order valence-electron chi connectivity index (χ1n) is 9.18. The van der Waals surface area contributed by atoms with Gasteiger partial charge in [-0.1, -0.05) is 36.9 Å². The summed E-state index contributed by atoms with van der Waals surface area (Å²) < 4.78 is 11.3. The second-order valence-electron chi connectivity index (χ2n) is 5.66. The van der Waals surface area contributed by atoms with Crippen molar-refractivity contribution in [1.82, 2.24) is 15.6 Å². The Balaban J connectivity index is 0.00000392. The number of ether oxygens (including phenoxy) is 2. The van der Waals surface area contributed by atoms with Gasteiger partial charge in [0.2, 0.25) is 5.88 Å². The summed E-state index contributed by atoms with van der Waals surface area (Å²) in [5, 5.41) is 6.61. The summed E-state index contributed by atoms with van der Waals surface area (Å²) in [4.78, 5) is 8.92. The highest BCUT2D eigenvalue weighted by molar-refractivity contribution is 14.0. The fourth-order valence-corrected chi connectivity index (χ4v) is 2.44. The first kappa shape index (κ1) is 23.7. The normalized spacial score (nSPS) is 10.6. The molecule has 0 amide bonds. The van der Waals surface area contributed by atoms with Crippen molar-refractivity contribution >= 4 is 29.9 Å². The van der Waals surface area contributed by atoms with Crippen molar-refractivity contribution in [3.63, 3.8) is 0 Å². The highest BCUT2D eigenvalue weighted by Gasteiger charge is 2.06. The predicted molar refractivity (Wildman–Crippen MR) is 125 cm³/mol. The minimum absolute atomic E-state index is 0. The number of aromatic nitrogens is 1. The van der Waals surface area contributed by atoms with Crippen LogP contribution >= 0.6 is 24.0 Å². The lowest BCUT2D eigenvalue weighted by atomic mass is 10.2. The molecule has 152 valence electrons. The molecule has 0 aliphatic heterocycles. The molecule has 0 fully saturated rings. The number of nitrogens with zero attached hydrogens (tertiary/aromatic N) is 2. The van der Waals surface area contributed by atoms with Gasteiger partial charge in [0.25, 0.3) is 0 Å². The third-order valence-corrected chi connectivity index (χ3v) is 3.66. The molecule has 2 aromatic rings. The molecule has 0 aliphatic carbocycles. The maximum atomic E-state index is 5.71. The van der Waals surface area contributed by atoms with Crippen LogP contribution in [0.4, 0.5) is 0 Å². The number of guanidine groups is 1. The highest BCUT2D eigenvalue weighted by Crippen LogP contribution is 2.18. The number of hydrogen-bond donors (Lipinski definition) is 2. The lowest BCUT2D eigenvalue weighted by Crippen LogP contribution is -2.36. The molecular formula is C21H29IN4O2. The van der Waals surface area contributed by atoms with Gasteiger partial charge in [-0.3, -0.25) is 0 Å². The van der Waals surface area contributed by atoms with Gasteiger partial charge in [-0.05, 0) is 26.0 Å². The largest absolute Gasteiger partial charge is 0.489 e. The second kappa shape index (κ2) is 13.8. The first-order valence-corrected chi connectivity index (χ1v) is 9.18. The molecule has 6 nitrogen and oxygen atoms in total. The van der Waals surface area contributed by atoms with Crippen LogP contribution in [0.25, 0.3) is 0 Å². The molecule has 0 saturated heterocycles. The summed E-state index contributed by atoms with van der Waals surface area (Å²) in [5.41, 5.74) is 2.01. The zero-order valence-electron chi connectivity index (χ0n) is 16.5. The molecule has 0 radical (unpaired) electrons. The van der Waals surface area contributed by atoms with Crippen LogP contribution in [0.2, 0.25) is 0 Å². The van der Waals surface area contributed by atoms with Crippen LogP contribution in [0.15, 0.2) is 60.2 Å². The average Bonchev–Trinajstić information content (AvgIpc) is 2.70. The van der Waals surface area contributed by atoms with Gasteiger partial charge >= 0.3 is 0 Å². The molecule has 0 aliphatic rings. The van der Waals surface area contributed by atoms with Crippen molar-refractivity contribution in [1.29, 1.82) is 0 Å². The van der Waals surface area contributed by atoms with Gasteiger partial charge in [0.1, 0.15) is 12.4 Å². The SMILES string of the molecule is C=CCOc1ccccc1CNC(=NCc1cccnc1OCC)NCC.I. The number of rotatable bonds is 10. The Hall–Kier alpha value is -2.29. The van der Waals surface area contributed by atoms with Crippen molar-refractivity contribution in [3.05, 3.63) is 66.4 Å². The summed E-state index contributed by atoms with van der Waals surface area (Å²) >= 11 is 0. The van der Waals surface area contributed by atoms with Crippen molar-refractivity contribution in [2.75, 3.05) is 19.8 Å². The molecule has 0 bridgehead atoms. The highest BCUT2D eigenvalue weighted by atomic mass is 127. The fraction of sp³-hybridized carbons (Fsp3) is 0.333. The molecule has 2 rings (SSSR count). The third-order valence-electron chi connectivity index (χ3n) is 3.66. The van der Waals surface area contributed by atoms with Crippen LogP contribution in [0.1, 0.15) is 25.0 Å². The summed E-state index contributed by atoms with van der Waals surface area (Å²) in [6.07, 6.45) is 3.46. The number of hydrogen-bond acceptors (Lipinski definition) is 4. The van der Waals surface area contributed by atoms with Crippen LogP contribution in [0.3, 0.4) is 0 Å². The Bertz CT molecular complexity index is 753. The van der Waals surface area contributed by atoms with Gasteiger partial charge < -0.3 is 20.1 Å². The van der Waals surface area contributed by atoms with Crippen LogP contribution in [-0.2, 0) is 13.1 Å². The van der Waals surface area contributed by atoms with E-state index in [1.807, 2.05) is 50.2 Å². The fourth-order valence-electron chi connectivity index (χ4n) is 2.44. The maximum absolute atomic E-state index is 5.71. The van der Waals surface area contributed by atoms with Gasteiger partial charge in [0.05, 0.1) is 13.2 Å². The Morgan fingerprint density at radius 2 is 1.89 bits per heavy atom. The zero-order valence-corrected chi connectivity index (χ0v) is 18.8. The number of nitrogens with one attached hydrogen (secondary N) is 2. The zero-order chi connectivity index (χ0) is 19.3. The molecule has 7 heteroatoms. The predicted octanol–water partition coefficient (Wildman–Crippen LogP) is 3.92. The number of benzene rings is 1. The molecule has 1 heterocycles. The van der Waals surface area contributed by atoms with Gasteiger partial charge in [-0.25, -0.2) is 9.98 Å². The smallest absolute Gasteiger partial charge is 0.218 e. The van der Waals surface area contributed by atoms with E-state index < -0.39 is 0 Å². The van der Waals surface area contributed by atoms with E-state index in [4.69, 9.17) is 9.47 Å².